The van der Waals surface area contributed by atoms with Crippen LogP contribution in [0.4, 0.5) is 18.9 Å². The number of nitrogens with one attached hydrogen (secondary N) is 1. The van der Waals surface area contributed by atoms with Gasteiger partial charge in [0.2, 0.25) is 0 Å². The number of aliphatic imine (C=N–C) groups is 1. The molecule has 0 bridgehead atoms. The first kappa shape index (κ1) is 26.2. The Morgan fingerprint density at radius 2 is 1.69 bits per heavy atom. The van der Waals surface area contributed by atoms with Crippen LogP contribution in [-0.2, 0) is 17.8 Å². The van der Waals surface area contributed by atoms with Gasteiger partial charge in [-0.15, -0.1) is 37.1 Å². The first-order valence-electron chi connectivity index (χ1n) is 10.1. The van der Waals surface area contributed by atoms with E-state index in [1.165, 1.54) is 29.8 Å². The van der Waals surface area contributed by atoms with Crippen LogP contribution in [0.5, 0.6) is 5.75 Å². The maximum absolute atomic E-state index is 12.2. The van der Waals surface area contributed by atoms with Crippen molar-refractivity contribution in [3.63, 3.8) is 0 Å². The molecule has 1 aliphatic heterocycles. The molecule has 3 N–H and O–H groups in total. The number of ether oxygens (including phenoxy) is 2. The third-order valence-corrected chi connectivity index (χ3v) is 4.79. The molecule has 176 valence electrons. The van der Waals surface area contributed by atoms with Crippen LogP contribution in [0.3, 0.4) is 0 Å². The van der Waals surface area contributed by atoms with Gasteiger partial charge in [0.1, 0.15) is 5.75 Å². The predicted molar refractivity (Wildman–Crippen MR) is 129 cm³/mol. The molecule has 0 saturated carbocycles. The first-order chi connectivity index (χ1) is 14.7. The fourth-order valence-corrected chi connectivity index (χ4v) is 3.62. The summed E-state index contributed by atoms with van der Waals surface area (Å²) in [6.45, 7) is 7.09. The number of hydrogen-bond donors (Lipinski definition) is 2. The fourth-order valence-electron chi connectivity index (χ4n) is 3.62. The highest BCUT2D eigenvalue weighted by Gasteiger charge is 2.31. The second-order valence-electron chi connectivity index (χ2n) is 7.62. The minimum Gasteiger partial charge on any atom is -0.406 e. The highest BCUT2D eigenvalue weighted by molar-refractivity contribution is 14.0. The van der Waals surface area contributed by atoms with Crippen molar-refractivity contribution in [2.24, 2.45) is 10.7 Å². The maximum Gasteiger partial charge on any atom is 0.573 e. The van der Waals surface area contributed by atoms with E-state index in [1.807, 2.05) is 18.2 Å². The lowest BCUT2D eigenvalue weighted by Crippen LogP contribution is -2.44. The SMILES string of the molecule is CC1CN(Cc2ccccc2CN=C(N)Nc2ccc(OC(F)(F)F)cc2)CC(C)O1.I. The van der Waals surface area contributed by atoms with Gasteiger partial charge in [0.15, 0.2) is 5.96 Å². The Balaban J connectivity index is 0.00000363. The molecule has 32 heavy (non-hydrogen) atoms. The van der Waals surface area contributed by atoms with E-state index >= 15 is 0 Å². The van der Waals surface area contributed by atoms with Gasteiger partial charge in [-0.05, 0) is 49.2 Å². The molecule has 10 heteroatoms. The lowest BCUT2D eigenvalue weighted by molar-refractivity contribution is -0.274. The third kappa shape index (κ3) is 8.47. The summed E-state index contributed by atoms with van der Waals surface area (Å²) in [6, 6.07) is 13.4. The van der Waals surface area contributed by atoms with Gasteiger partial charge in [0.25, 0.3) is 0 Å². The molecular weight excluding hydrogens is 536 g/mol. The Morgan fingerprint density at radius 1 is 1.09 bits per heavy atom. The minimum absolute atomic E-state index is 0. The number of benzene rings is 2. The van der Waals surface area contributed by atoms with E-state index in [-0.39, 0.29) is 47.9 Å². The molecule has 2 atom stereocenters. The molecule has 0 radical (unpaired) electrons. The monoisotopic (exact) mass is 564 g/mol. The maximum atomic E-state index is 12.2. The molecule has 3 rings (SSSR count). The molecular formula is C22H28F3IN4O2. The Bertz CT molecular complexity index is 883. The number of nitrogens with two attached hydrogens (primary N) is 1. The predicted octanol–water partition coefficient (Wildman–Crippen LogP) is 4.74. The largest absolute Gasteiger partial charge is 0.573 e. The second kappa shape index (κ2) is 11.7. The van der Waals surface area contributed by atoms with E-state index in [0.29, 0.717) is 12.2 Å². The minimum atomic E-state index is -4.72. The zero-order chi connectivity index (χ0) is 22.4. The van der Waals surface area contributed by atoms with Crippen LogP contribution in [0.1, 0.15) is 25.0 Å². The molecule has 1 saturated heterocycles. The zero-order valence-corrected chi connectivity index (χ0v) is 20.3. The number of rotatable bonds is 6. The van der Waals surface area contributed by atoms with Crippen molar-refractivity contribution in [3.8, 4) is 5.75 Å². The van der Waals surface area contributed by atoms with Gasteiger partial charge in [0.05, 0.1) is 18.8 Å². The number of halogens is 4. The summed E-state index contributed by atoms with van der Waals surface area (Å²) in [4.78, 5) is 6.75. The Morgan fingerprint density at radius 3 is 2.28 bits per heavy atom. The molecule has 1 fully saturated rings. The van der Waals surface area contributed by atoms with Crippen LogP contribution in [0, 0.1) is 0 Å². The van der Waals surface area contributed by atoms with Crippen LogP contribution in [-0.4, -0.2) is 42.5 Å². The highest BCUT2D eigenvalue weighted by Crippen LogP contribution is 2.24. The molecule has 1 aliphatic rings. The van der Waals surface area contributed by atoms with E-state index in [1.54, 1.807) is 0 Å². The Labute approximate surface area is 203 Å². The molecule has 0 amide bonds. The third-order valence-electron chi connectivity index (χ3n) is 4.79. The quantitative estimate of drug-likeness (QED) is 0.302. The van der Waals surface area contributed by atoms with E-state index < -0.39 is 6.36 Å². The molecule has 0 spiro atoms. The van der Waals surface area contributed by atoms with E-state index in [9.17, 15) is 13.2 Å². The molecule has 0 aliphatic carbocycles. The molecule has 1 heterocycles. The van der Waals surface area contributed by atoms with E-state index in [4.69, 9.17) is 10.5 Å². The van der Waals surface area contributed by atoms with Gasteiger partial charge in [-0.3, -0.25) is 4.90 Å². The lowest BCUT2D eigenvalue weighted by Gasteiger charge is -2.35. The number of morpholine rings is 1. The molecule has 2 aromatic rings. The normalized spacial score (nSPS) is 19.8. The Kier molecular flexibility index (Phi) is 9.59. The summed E-state index contributed by atoms with van der Waals surface area (Å²) in [6.07, 6.45) is -4.33. The number of anilines is 1. The van der Waals surface area contributed by atoms with Crippen LogP contribution >= 0.6 is 24.0 Å². The molecule has 2 aromatic carbocycles. The van der Waals surface area contributed by atoms with Crippen molar-refractivity contribution in [1.29, 1.82) is 0 Å². The number of alkyl halides is 3. The van der Waals surface area contributed by atoms with Crippen LogP contribution < -0.4 is 15.8 Å². The molecule has 0 aromatic heterocycles. The summed E-state index contributed by atoms with van der Waals surface area (Å²) in [5.41, 5.74) is 8.72. The molecule has 2 unspecified atom stereocenters. The zero-order valence-electron chi connectivity index (χ0n) is 17.9. The average molecular weight is 564 g/mol. The fraction of sp³-hybridized carbons (Fsp3) is 0.409. The van der Waals surface area contributed by atoms with Gasteiger partial charge in [-0.2, -0.15) is 0 Å². The van der Waals surface area contributed by atoms with Crippen molar-refractivity contribution in [3.05, 3.63) is 59.7 Å². The van der Waals surface area contributed by atoms with Crippen molar-refractivity contribution in [1.82, 2.24) is 4.90 Å². The molecule has 6 nitrogen and oxygen atoms in total. The van der Waals surface area contributed by atoms with Crippen LogP contribution in [0.2, 0.25) is 0 Å². The number of hydrogen-bond acceptors (Lipinski definition) is 4. The van der Waals surface area contributed by atoms with Gasteiger partial charge in [-0.1, -0.05) is 24.3 Å². The van der Waals surface area contributed by atoms with Crippen molar-refractivity contribution < 1.29 is 22.6 Å². The summed E-state index contributed by atoms with van der Waals surface area (Å²) < 4.78 is 46.4. The summed E-state index contributed by atoms with van der Waals surface area (Å²) in [5.74, 6) is -0.123. The first-order valence-corrected chi connectivity index (χ1v) is 10.1. The van der Waals surface area contributed by atoms with Crippen LogP contribution in [0.15, 0.2) is 53.5 Å². The number of guanidine groups is 1. The highest BCUT2D eigenvalue weighted by atomic mass is 127. The summed E-state index contributed by atoms with van der Waals surface area (Å²) in [5, 5.41) is 2.88. The summed E-state index contributed by atoms with van der Waals surface area (Å²) >= 11 is 0. The van der Waals surface area contributed by atoms with E-state index in [2.05, 4.69) is 39.9 Å². The topological polar surface area (TPSA) is 72.1 Å². The van der Waals surface area contributed by atoms with Gasteiger partial charge in [-0.25, -0.2) is 4.99 Å². The van der Waals surface area contributed by atoms with Crippen molar-refractivity contribution >= 4 is 35.6 Å². The summed E-state index contributed by atoms with van der Waals surface area (Å²) in [7, 11) is 0. The average Bonchev–Trinajstić information content (AvgIpc) is 2.67. The van der Waals surface area contributed by atoms with Gasteiger partial charge in [0, 0.05) is 25.3 Å². The smallest absolute Gasteiger partial charge is 0.406 e. The van der Waals surface area contributed by atoms with Gasteiger partial charge >= 0.3 is 6.36 Å². The lowest BCUT2D eigenvalue weighted by atomic mass is 10.1. The standard InChI is InChI=1S/C22H27F3N4O2.HI/c1-15-12-29(13-16(2)30-15)14-18-6-4-3-5-17(18)11-27-21(26)28-19-7-9-20(10-8-19)31-22(23,24)25;/h3-10,15-16H,11-14H2,1-2H3,(H3,26,27,28);1H. The Hall–Kier alpha value is -2.05. The van der Waals surface area contributed by atoms with Crippen molar-refractivity contribution in [2.75, 3.05) is 18.4 Å². The van der Waals surface area contributed by atoms with Gasteiger partial charge < -0.3 is 20.5 Å². The van der Waals surface area contributed by atoms with E-state index in [0.717, 1.165) is 25.2 Å². The number of nitrogens with zero attached hydrogens (tertiary/aromatic N) is 2. The van der Waals surface area contributed by atoms with Crippen LogP contribution in [0.25, 0.3) is 0 Å². The second-order valence-corrected chi connectivity index (χ2v) is 7.62. The van der Waals surface area contributed by atoms with Crippen molar-refractivity contribution in [2.45, 2.75) is 45.5 Å².